The fourth-order valence-corrected chi connectivity index (χ4v) is 2.93. The topological polar surface area (TPSA) is 66.4 Å². The highest BCUT2D eigenvalue weighted by Gasteiger charge is 2.13. The molecule has 0 aliphatic rings. The molecule has 0 saturated carbocycles. The Morgan fingerprint density at radius 2 is 2.33 bits per heavy atom. The number of thiophene rings is 1. The molecule has 1 rings (SSSR count). The molecule has 4 nitrogen and oxygen atoms in total. The standard InChI is InChI=1S/C9H15NO3S2/c1-2-5-15(12,13)10-6-9(11)8-3-4-14-7-8/h3-4,7,9-11H,2,5-6H2,1H3/t9-/m0/s1. The van der Waals surface area contributed by atoms with Crippen LogP contribution < -0.4 is 4.72 Å². The van der Waals surface area contributed by atoms with Crippen molar-refractivity contribution in [1.82, 2.24) is 4.72 Å². The second-order valence-corrected chi connectivity index (χ2v) is 5.95. The van der Waals surface area contributed by atoms with Gasteiger partial charge in [0.25, 0.3) is 0 Å². The lowest BCUT2D eigenvalue weighted by Crippen LogP contribution is -2.30. The van der Waals surface area contributed by atoms with E-state index in [0.29, 0.717) is 6.42 Å². The summed E-state index contributed by atoms with van der Waals surface area (Å²) in [6.07, 6.45) is -0.188. The summed E-state index contributed by atoms with van der Waals surface area (Å²) in [5.41, 5.74) is 0.749. The van der Waals surface area contributed by atoms with Crippen LogP contribution in [0.15, 0.2) is 16.8 Å². The van der Waals surface area contributed by atoms with Crippen molar-refractivity contribution in [1.29, 1.82) is 0 Å². The van der Waals surface area contributed by atoms with E-state index in [1.807, 2.05) is 5.38 Å². The SMILES string of the molecule is CCCS(=O)(=O)NC[C@H](O)c1ccsc1. The molecule has 0 spiro atoms. The van der Waals surface area contributed by atoms with Crippen molar-refractivity contribution in [3.05, 3.63) is 22.4 Å². The fraction of sp³-hybridized carbons (Fsp3) is 0.556. The molecular formula is C9H15NO3S2. The molecule has 0 amide bonds. The van der Waals surface area contributed by atoms with Crippen LogP contribution in [0.25, 0.3) is 0 Å². The van der Waals surface area contributed by atoms with Crippen molar-refractivity contribution in [3.8, 4) is 0 Å². The third kappa shape index (κ3) is 4.29. The largest absolute Gasteiger partial charge is 0.387 e. The minimum Gasteiger partial charge on any atom is -0.387 e. The van der Waals surface area contributed by atoms with E-state index in [1.54, 1.807) is 18.4 Å². The van der Waals surface area contributed by atoms with Crippen molar-refractivity contribution < 1.29 is 13.5 Å². The van der Waals surface area contributed by atoms with Gasteiger partial charge in [-0.25, -0.2) is 13.1 Å². The minimum absolute atomic E-state index is 0.0407. The lowest BCUT2D eigenvalue weighted by molar-refractivity contribution is 0.182. The van der Waals surface area contributed by atoms with E-state index in [2.05, 4.69) is 4.72 Å². The summed E-state index contributed by atoms with van der Waals surface area (Å²) in [6, 6.07) is 1.78. The number of nitrogens with one attached hydrogen (secondary N) is 1. The highest BCUT2D eigenvalue weighted by molar-refractivity contribution is 7.89. The van der Waals surface area contributed by atoms with Crippen LogP contribution in [0.1, 0.15) is 25.0 Å². The summed E-state index contributed by atoms with van der Waals surface area (Å²) in [7, 11) is -3.22. The quantitative estimate of drug-likeness (QED) is 0.793. The van der Waals surface area contributed by atoms with Gasteiger partial charge in [0, 0.05) is 6.54 Å². The van der Waals surface area contributed by atoms with Gasteiger partial charge in [-0.05, 0) is 28.8 Å². The van der Waals surface area contributed by atoms with Gasteiger partial charge in [-0.3, -0.25) is 0 Å². The van der Waals surface area contributed by atoms with Crippen LogP contribution >= 0.6 is 11.3 Å². The van der Waals surface area contributed by atoms with Crippen LogP contribution in [-0.2, 0) is 10.0 Å². The fourth-order valence-electron chi connectivity index (χ4n) is 1.13. The predicted octanol–water partition coefficient (Wildman–Crippen LogP) is 1.11. The summed E-state index contributed by atoms with van der Waals surface area (Å²) in [5, 5.41) is 13.3. The molecule has 0 unspecified atom stereocenters. The van der Waals surface area contributed by atoms with Gasteiger partial charge >= 0.3 is 0 Å². The van der Waals surface area contributed by atoms with Crippen LogP contribution in [0.3, 0.4) is 0 Å². The molecule has 15 heavy (non-hydrogen) atoms. The number of aliphatic hydroxyl groups is 1. The molecule has 1 aromatic heterocycles. The van der Waals surface area contributed by atoms with Gasteiger partial charge in [0.1, 0.15) is 0 Å². The van der Waals surface area contributed by atoms with Gasteiger partial charge in [0.15, 0.2) is 0 Å². The maximum absolute atomic E-state index is 11.3. The maximum atomic E-state index is 11.3. The second kappa shape index (κ2) is 5.60. The lowest BCUT2D eigenvalue weighted by Gasteiger charge is -2.10. The van der Waals surface area contributed by atoms with E-state index in [9.17, 15) is 13.5 Å². The molecule has 0 aliphatic heterocycles. The van der Waals surface area contributed by atoms with E-state index >= 15 is 0 Å². The molecule has 86 valence electrons. The van der Waals surface area contributed by atoms with E-state index in [1.165, 1.54) is 11.3 Å². The van der Waals surface area contributed by atoms with Gasteiger partial charge in [-0.1, -0.05) is 6.92 Å². The molecule has 0 fully saturated rings. The van der Waals surface area contributed by atoms with Crippen LogP contribution in [0.2, 0.25) is 0 Å². The first-order valence-corrected chi connectivity index (χ1v) is 7.32. The van der Waals surface area contributed by atoms with Crippen molar-refractivity contribution in [2.24, 2.45) is 0 Å². The second-order valence-electron chi connectivity index (χ2n) is 3.24. The average Bonchev–Trinajstić information content (AvgIpc) is 2.67. The zero-order valence-electron chi connectivity index (χ0n) is 8.51. The zero-order chi connectivity index (χ0) is 11.3. The van der Waals surface area contributed by atoms with E-state index in [-0.39, 0.29) is 12.3 Å². The molecule has 1 aromatic rings. The third-order valence-electron chi connectivity index (χ3n) is 1.90. The Hall–Kier alpha value is -0.430. The van der Waals surface area contributed by atoms with Crippen molar-refractivity contribution in [2.75, 3.05) is 12.3 Å². The van der Waals surface area contributed by atoms with Crippen molar-refractivity contribution >= 4 is 21.4 Å². The summed E-state index contributed by atoms with van der Waals surface area (Å²) >= 11 is 1.47. The van der Waals surface area contributed by atoms with E-state index in [0.717, 1.165) is 5.56 Å². The molecule has 6 heteroatoms. The summed E-state index contributed by atoms with van der Waals surface area (Å²) in [5.74, 6) is 0.101. The van der Waals surface area contributed by atoms with Gasteiger partial charge < -0.3 is 5.11 Å². The number of sulfonamides is 1. The minimum atomic E-state index is -3.22. The Bertz CT molecular complexity index is 372. The monoisotopic (exact) mass is 249 g/mol. The first-order valence-electron chi connectivity index (χ1n) is 4.72. The van der Waals surface area contributed by atoms with Gasteiger partial charge in [0.05, 0.1) is 11.9 Å². The summed E-state index contributed by atoms with van der Waals surface area (Å²) < 4.78 is 24.9. The van der Waals surface area contributed by atoms with E-state index < -0.39 is 16.1 Å². The lowest BCUT2D eigenvalue weighted by atomic mass is 10.2. The van der Waals surface area contributed by atoms with Crippen molar-refractivity contribution in [2.45, 2.75) is 19.4 Å². The van der Waals surface area contributed by atoms with Gasteiger partial charge in [-0.15, -0.1) is 0 Å². The van der Waals surface area contributed by atoms with Gasteiger partial charge in [-0.2, -0.15) is 11.3 Å². The Kier molecular flexibility index (Phi) is 4.72. The number of hydrogen-bond acceptors (Lipinski definition) is 4. The van der Waals surface area contributed by atoms with Crippen molar-refractivity contribution in [3.63, 3.8) is 0 Å². The zero-order valence-corrected chi connectivity index (χ0v) is 10.1. The van der Waals surface area contributed by atoms with Crippen LogP contribution in [0.5, 0.6) is 0 Å². The Morgan fingerprint density at radius 3 is 2.87 bits per heavy atom. The smallest absolute Gasteiger partial charge is 0.211 e. The maximum Gasteiger partial charge on any atom is 0.211 e. The summed E-state index contributed by atoms with van der Waals surface area (Å²) in [4.78, 5) is 0. The van der Waals surface area contributed by atoms with Crippen LogP contribution in [0.4, 0.5) is 0 Å². The first kappa shape index (κ1) is 12.6. The number of aliphatic hydroxyl groups excluding tert-OH is 1. The van der Waals surface area contributed by atoms with Crippen LogP contribution in [-0.4, -0.2) is 25.8 Å². The molecule has 0 bridgehead atoms. The third-order valence-corrected chi connectivity index (χ3v) is 4.15. The van der Waals surface area contributed by atoms with Gasteiger partial charge in [0.2, 0.25) is 10.0 Å². The number of hydrogen-bond donors (Lipinski definition) is 2. The molecule has 0 saturated heterocycles. The molecule has 1 atom stereocenters. The predicted molar refractivity (Wildman–Crippen MR) is 61.4 cm³/mol. The molecule has 0 aromatic carbocycles. The molecular weight excluding hydrogens is 234 g/mol. The van der Waals surface area contributed by atoms with E-state index in [4.69, 9.17) is 0 Å². The highest BCUT2D eigenvalue weighted by atomic mass is 32.2. The number of rotatable bonds is 6. The highest BCUT2D eigenvalue weighted by Crippen LogP contribution is 2.15. The average molecular weight is 249 g/mol. The molecule has 2 N–H and O–H groups in total. The normalized spacial score (nSPS) is 14.0. The Morgan fingerprint density at radius 1 is 1.60 bits per heavy atom. The summed E-state index contributed by atoms with van der Waals surface area (Å²) in [6.45, 7) is 1.84. The molecule has 1 heterocycles. The first-order chi connectivity index (χ1) is 7.05. The molecule has 0 aliphatic carbocycles. The Labute approximate surface area is 94.0 Å². The van der Waals surface area contributed by atoms with Crippen LogP contribution in [0, 0.1) is 0 Å². The molecule has 0 radical (unpaired) electrons. The Balaban J connectivity index is 2.44.